The lowest BCUT2D eigenvalue weighted by atomic mass is 10.0. The molecule has 2 rings (SSSR count). The number of nitrogens with zero attached hydrogens (tertiary/aromatic N) is 4. The van der Waals surface area contributed by atoms with Crippen LogP contribution >= 0.6 is 0 Å². The fourth-order valence-corrected chi connectivity index (χ4v) is 2.34. The summed E-state index contributed by atoms with van der Waals surface area (Å²) in [4.78, 5) is 16.2. The molecule has 0 saturated carbocycles. The summed E-state index contributed by atoms with van der Waals surface area (Å²) < 4.78 is 1.59. The molecule has 1 aliphatic rings. The van der Waals surface area contributed by atoms with Crippen molar-refractivity contribution < 1.29 is 4.79 Å². The van der Waals surface area contributed by atoms with Crippen LogP contribution in [0.5, 0.6) is 0 Å². The van der Waals surface area contributed by atoms with Crippen LogP contribution in [-0.2, 0) is 11.3 Å². The van der Waals surface area contributed by atoms with E-state index >= 15 is 0 Å². The van der Waals surface area contributed by atoms with Gasteiger partial charge in [-0.25, -0.2) is 0 Å². The molecule has 1 aromatic heterocycles. The molecule has 1 fully saturated rings. The van der Waals surface area contributed by atoms with Gasteiger partial charge in [-0.3, -0.25) is 9.48 Å². The largest absolute Gasteiger partial charge is 0.396 e. The predicted octanol–water partition coefficient (Wildman–Crippen LogP) is 0.0179. The van der Waals surface area contributed by atoms with Gasteiger partial charge in [-0.05, 0) is 26.9 Å². The third-order valence-corrected chi connectivity index (χ3v) is 3.50. The average Bonchev–Trinajstić information content (AvgIpc) is 2.75. The SMILES string of the molecule is CN(C)C1CCN(C(=O)Cn2cc(N)cn2)CC1. The Morgan fingerprint density at radius 2 is 2.17 bits per heavy atom. The van der Waals surface area contributed by atoms with Crippen LogP contribution < -0.4 is 5.73 Å². The molecule has 0 atom stereocenters. The summed E-state index contributed by atoms with van der Waals surface area (Å²) in [5.74, 6) is 0.121. The number of piperidine rings is 1. The monoisotopic (exact) mass is 251 g/mol. The second-order valence-corrected chi connectivity index (χ2v) is 5.05. The Balaban J connectivity index is 1.84. The summed E-state index contributed by atoms with van der Waals surface area (Å²) >= 11 is 0. The molecule has 0 spiro atoms. The highest BCUT2D eigenvalue weighted by Crippen LogP contribution is 2.14. The van der Waals surface area contributed by atoms with Crippen molar-refractivity contribution >= 4 is 11.6 Å². The lowest BCUT2D eigenvalue weighted by Crippen LogP contribution is -2.45. The standard InChI is InChI=1S/C12H21N5O/c1-15(2)11-3-5-16(6-4-11)12(18)9-17-8-10(13)7-14-17/h7-8,11H,3-6,9,13H2,1-2H3. The average molecular weight is 251 g/mol. The normalized spacial score (nSPS) is 17.4. The zero-order valence-electron chi connectivity index (χ0n) is 11.0. The van der Waals surface area contributed by atoms with E-state index in [4.69, 9.17) is 5.73 Å². The molecule has 18 heavy (non-hydrogen) atoms. The number of rotatable bonds is 3. The van der Waals surface area contributed by atoms with Crippen molar-refractivity contribution in [1.82, 2.24) is 19.6 Å². The van der Waals surface area contributed by atoms with Crippen molar-refractivity contribution in [2.45, 2.75) is 25.4 Å². The molecule has 6 heteroatoms. The third kappa shape index (κ3) is 3.01. The molecule has 1 saturated heterocycles. The molecule has 0 radical (unpaired) electrons. The summed E-state index contributed by atoms with van der Waals surface area (Å²) in [5, 5.41) is 4.03. The van der Waals surface area contributed by atoms with E-state index in [0.717, 1.165) is 25.9 Å². The lowest BCUT2D eigenvalue weighted by molar-refractivity contribution is -0.133. The third-order valence-electron chi connectivity index (χ3n) is 3.50. The van der Waals surface area contributed by atoms with Gasteiger partial charge in [0.15, 0.2) is 0 Å². The van der Waals surface area contributed by atoms with Gasteiger partial charge >= 0.3 is 0 Å². The summed E-state index contributed by atoms with van der Waals surface area (Å²) in [6, 6.07) is 0.592. The predicted molar refractivity (Wildman–Crippen MR) is 69.9 cm³/mol. The molecule has 1 aliphatic heterocycles. The molecule has 2 heterocycles. The van der Waals surface area contributed by atoms with Crippen LogP contribution in [0.15, 0.2) is 12.4 Å². The van der Waals surface area contributed by atoms with Crippen molar-refractivity contribution in [2.75, 3.05) is 32.9 Å². The zero-order valence-corrected chi connectivity index (χ0v) is 11.0. The molecule has 0 unspecified atom stereocenters. The summed E-state index contributed by atoms with van der Waals surface area (Å²) in [6.45, 7) is 1.95. The summed E-state index contributed by atoms with van der Waals surface area (Å²) in [6.07, 6.45) is 5.33. The number of amides is 1. The minimum absolute atomic E-state index is 0.121. The Bertz CT molecular complexity index is 406. The van der Waals surface area contributed by atoms with Gasteiger partial charge in [0, 0.05) is 25.3 Å². The number of hydrogen-bond acceptors (Lipinski definition) is 4. The van der Waals surface area contributed by atoms with Crippen molar-refractivity contribution in [1.29, 1.82) is 0 Å². The Labute approximate surface area is 107 Å². The summed E-state index contributed by atoms with van der Waals surface area (Å²) in [7, 11) is 4.18. The van der Waals surface area contributed by atoms with E-state index in [1.54, 1.807) is 17.1 Å². The van der Waals surface area contributed by atoms with Crippen LogP contribution in [0.25, 0.3) is 0 Å². The fraction of sp³-hybridized carbons (Fsp3) is 0.667. The maximum atomic E-state index is 12.1. The molecule has 0 aliphatic carbocycles. The number of likely N-dealkylation sites (tertiary alicyclic amines) is 1. The number of nitrogens with two attached hydrogens (primary N) is 1. The number of aromatic nitrogens is 2. The first-order valence-electron chi connectivity index (χ1n) is 6.28. The van der Waals surface area contributed by atoms with Crippen molar-refractivity contribution in [3.05, 3.63) is 12.4 Å². The van der Waals surface area contributed by atoms with Crippen LogP contribution in [0.1, 0.15) is 12.8 Å². The van der Waals surface area contributed by atoms with Crippen LogP contribution in [-0.4, -0.2) is 58.7 Å². The van der Waals surface area contributed by atoms with E-state index < -0.39 is 0 Å². The van der Waals surface area contributed by atoms with Gasteiger partial charge in [0.25, 0.3) is 0 Å². The molecular formula is C12H21N5O. The van der Waals surface area contributed by atoms with E-state index in [2.05, 4.69) is 24.1 Å². The number of carbonyl (C=O) groups excluding carboxylic acids is 1. The van der Waals surface area contributed by atoms with E-state index in [-0.39, 0.29) is 12.5 Å². The molecule has 2 N–H and O–H groups in total. The quantitative estimate of drug-likeness (QED) is 0.822. The van der Waals surface area contributed by atoms with Crippen LogP contribution in [0.4, 0.5) is 5.69 Å². The molecule has 0 aromatic carbocycles. The maximum Gasteiger partial charge on any atom is 0.244 e. The first-order valence-corrected chi connectivity index (χ1v) is 6.28. The van der Waals surface area contributed by atoms with Gasteiger partial charge in [0.2, 0.25) is 5.91 Å². The number of anilines is 1. The van der Waals surface area contributed by atoms with Gasteiger partial charge in [0.05, 0.1) is 11.9 Å². The van der Waals surface area contributed by atoms with Gasteiger partial charge in [-0.1, -0.05) is 0 Å². The molecule has 6 nitrogen and oxygen atoms in total. The van der Waals surface area contributed by atoms with Crippen LogP contribution in [0.3, 0.4) is 0 Å². The fourth-order valence-electron chi connectivity index (χ4n) is 2.34. The number of hydrogen-bond donors (Lipinski definition) is 1. The Kier molecular flexibility index (Phi) is 3.86. The minimum Gasteiger partial charge on any atom is -0.396 e. The highest BCUT2D eigenvalue weighted by atomic mass is 16.2. The molecule has 1 aromatic rings. The van der Waals surface area contributed by atoms with Gasteiger partial charge < -0.3 is 15.5 Å². The van der Waals surface area contributed by atoms with Crippen LogP contribution in [0, 0.1) is 0 Å². The smallest absolute Gasteiger partial charge is 0.244 e. The second kappa shape index (κ2) is 5.39. The lowest BCUT2D eigenvalue weighted by Gasteiger charge is -2.35. The van der Waals surface area contributed by atoms with Crippen molar-refractivity contribution in [3.63, 3.8) is 0 Å². The van der Waals surface area contributed by atoms with Gasteiger partial charge in [-0.15, -0.1) is 0 Å². The number of carbonyl (C=O) groups is 1. The van der Waals surface area contributed by atoms with Gasteiger partial charge in [0.1, 0.15) is 6.54 Å². The number of nitrogen functional groups attached to an aromatic ring is 1. The maximum absolute atomic E-state index is 12.1. The van der Waals surface area contributed by atoms with E-state index in [1.807, 2.05) is 4.90 Å². The van der Waals surface area contributed by atoms with E-state index in [9.17, 15) is 4.79 Å². The minimum atomic E-state index is 0.121. The van der Waals surface area contributed by atoms with Crippen LogP contribution in [0.2, 0.25) is 0 Å². The first-order chi connectivity index (χ1) is 8.56. The summed E-state index contributed by atoms with van der Waals surface area (Å²) in [5.41, 5.74) is 6.16. The molecule has 100 valence electrons. The topological polar surface area (TPSA) is 67.4 Å². The zero-order chi connectivity index (χ0) is 13.1. The second-order valence-electron chi connectivity index (χ2n) is 5.05. The van der Waals surface area contributed by atoms with Gasteiger partial charge in [-0.2, -0.15) is 5.10 Å². The van der Waals surface area contributed by atoms with E-state index in [0.29, 0.717) is 11.7 Å². The Morgan fingerprint density at radius 1 is 1.50 bits per heavy atom. The first kappa shape index (κ1) is 12.9. The molecular weight excluding hydrogens is 230 g/mol. The van der Waals surface area contributed by atoms with Crippen molar-refractivity contribution in [3.8, 4) is 0 Å². The molecule has 1 amide bonds. The van der Waals surface area contributed by atoms with E-state index in [1.165, 1.54) is 0 Å². The highest BCUT2D eigenvalue weighted by molar-refractivity contribution is 5.76. The molecule has 0 bridgehead atoms. The Morgan fingerprint density at radius 3 is 2.67 bits per heavy atom. The highest BCUT2D eigenvalue weighted by Gasteiger charge is 2.23. The van der Waals surface area contributed by atoms with Crippen molar-refractivity contribution in [2.24, 2.45) is 0 Å². The Hall–Kier alpha value is -1.56.